The highest BCUT2D eigenvalue weighted by atomic mass is 16.1. The Labute approximate surface area is 132 Å². The van der Waals surface area contributed by atoms with Gasteiger partial charge < -0.3 is 9.88 Å². The minimum Gasteiger partial charge on any atom is -0.310 e. The van der Waals surface area contributed by atoms with Gasteiger partial charge >= 0.3 is 0 Å². The van der Waals surface area contributed by atoms with Gasteiger partial charge in [-0.2, -0.15) is 0 Å². The maximum Gasteiger partial charge on any atom is 0.255 e. The third-order valence-corrected chi connectivity index (χ3v) is 4.53. The third-order valence-electron chi connectivity index (χ3n) is 4.53. The number of rotatable bonds is 5. The molecule has 1 aliphatic rings. The van der Waals surface area contributed by atoms with Crippen molar-refractivity contribution in [2.75, 3.05) is 0 Å². The van der Waals surface area contributed by atoms with Crippen molar-refractivity contribution in [1.29, 1.82) is 0 Å². The monoisotopic (exact) mass is 296 g/mol. The van der Waals surface area contributed by atoms with Gasteiger partial charge in [0.05, 0.1) is 5.69 Å². The fourth-order valence-corrected chi connectivity index (χ4v) is 2.77. The molecule has 3 heteroatoms. The van der Waals surface area contributed by atoms with E-state index in [4.69, 9.17) is 0 Å². The third kappa shape index (κ3) is 3.00. The summed E-state index contributed by atoms with van der Waals surface area (Å²) in [6.45, 7) is 7.62. The molecule has 0 unspecified atom stereocenters. The Hall–Kier alpha value is -1.87. The maximum absolute atomic E-state index is 12.7. The van der Waals surface area contributed by atoms with Crippen molar-refractivity contribution >= 4 is 0 Å². The van der Waals surface area contributed by atoms with Crippen LogP contribution in [0.5, 0.6) is 0 Å². The van der Waals surface area contributed by atoms with Gasteiger partial charge in [0, 0.05) is 24.7 Å². The molecule has 0 radical (unpaired) electrons. The predicted octanol–water partition coefficient (Wildman–Crippen LogP) is 3.40. The van der Waals surface area contributed by atoms with Gasteiger partial charge in [-0.15, -0.1) is 0 Å². The molecule has 116 valence electrons. The lowest BCUT2D eigenvalue weighted by Gasteiger charge is -2.14. The van der Waals surface area contributed by atoms with Crippen LogP contribution in [0.4, 0.5) is 0 Å². The van der Waals surface area contributed by atoms with Gasteiger partial charge in [0.1, 0.15) is 0 Å². The minimum atomic E-state index is 0.131. The van der Waals surface area contributed by atoms with E-state index in [1.54, 1.807) is 0 Å². The first kappa shape index (κ1) is 15.0. The fraction of sp³-hybridized carbons (Fsp3) is 0.421. The topological polar surface area (TPSA) is 34.0 Å². The van der Waals surface area contributed by atoms with Crippen LogP contribution < -0.4 is 10.9 Å². The number of pyridine rings is 1. The summed E-state index contributed by atoms with van der Waals surface area (Å²) in [6, 6.07) is 11.1. The highest BCUT2D eigenvalue weighted by molar-refractivity contribution is 5.61. The Morgan fingerprint density at radius 2 is 1.91 bits per heavy atom. The molecule has 1 N–H and O–H groups in total. The van der Waals surface area contributed by atoms with Crippen LogP contribution in [0, 0.1) is 13.8 Å². The lowest BCUT2D eigenvalue weighted by Crippen LogP contribution is -2.28. The summed E-state index contributed by atoms with van der Waals surface area (Å²) in [5.41, 5.74) is 5.65. The quantitative estimate of drug-likeness (QED) is 0.917. The van der Waals surface area contributed by atoms with Gasteiger partial charge in [0.15, 0.2) is 0 Å². The van der Waals surface area contributed by atoms with Crippen LogP contribution in [0.3, 0.4) is 0 Å². The van der Waals surface area contributed by atoms with Crippen molar-refractivity contribution in [1.82, 2.24) is 9.88 Å². The average Bonchev–Trinajstić information content (AvgIpc) is 3.33. The van der Waals surface area contributed by atoms with Crippen LogP contribution in [0.25, 0.3) is 11.3 Å². The van der Waals surface area contributed by atoms with E-state index in [0.717, 1.165) is 16.8 Å². The number of aryl methyl sites for hydroxylation is 2. The zero-order valence-corrected chi connectivity index (χ0v) is 13.6. The van der Waals surface area contributed by atoms with Crippen LogP contribution in [0.2, 0.25) is 0 Å². The van der Waals surface area contributed by atoms with E-state index < -0.39 is 0 Å². The second kappa shape index (κ2) is 6.09. The Morgan fingerprint density at radius 3 is 2.55 bits per heavy atom. The second-order valence-electron chi connectivity index (χ2n) is 6.25. The molecular formula is C19H24N2O. The number of hydrogen-bond donors (Lipinski definition) is 1. The van der Waals surface area contributed by atoms with Crippen molar-refractivity contribution in [2.45, 2.75) is 52.7 Å². The van der Waals surface area contributed by atoms with Crippen molar-refractivity contribution in [3.63, 3.8) is 0 Å². The normalized spacial score (nSPS) is 14.3. The van der Waals surface area contributed by atoms with E-state index in [1.165, 1.54) is 24.0 Å². The number of nitrogens with one attached hydrogen (secondary N) is 1. The number of nitrogens with zero attached hydrogens (tertiary/aromatic N) is 1. The molecule has 3 rings (SSSR count). The van der Waals surface area contributed by atoms with E-state index in [2.05, 4.69) is 43.4 Å². The average molecular weight is 296 g/mol. The molecular weight excluding hydrogens is 272 g/mol. The van der Waals surface area contributed by atoms with Crippen LogP contribution in [-0.2, 0) is 13.1 Å². The Kier molecular flexibility index (Phi) is 4.16. The Morgan fingerprint density at radius 1 is 1.14 bits per heavy atom. The molecule has 1 aliphatic carbocycles. The SMILES string of the molecule is CCn1c(-c2ccc(C)c(C)c2)ccc(CNC2CC2)c1=O. The number of aromatic nitrogens is 1. The molecule has 0 spiro atoms. The molecule has 1 saturated carbocycles. The highest BCUT2D eigenvalue weighted by Gasteiger charge is 2.20. The molecule has 2 aromatic rings. The summed E-state index contributed by atoms with van der Waals surface area (Å²) in [6.07, 6.45) is 2.48. The van der Waals surface area contributed by atoms with Crippen molar-refractivity contribution in [2.24, 2.45) is 0 Å². The summed E-state index contributed by atoms with van der Waals surface area (Å²) < 4.78 is 1.88. The summed E-state index contributed by atoms with van der Waals surface area (Å²) in [7, 11) is 0. The van der Waals surface area contributed by atoms with Crippen LogP contribution in [-0.4, -0.2) is 10.6 Å². The number of hydrogen-bond acceptors (Lipinski definition) is 2. The van der Waals surface area contributed by atoms with Gasteiger partial charge in [-0.1, -0.05) is 18.2 Å². The van der Waals surface area contributed by atoms with Gasteiger partial charge in [0.2, 0.25) is 0 Å². The molecule has 0 amide bonds. The smallest absolute Gasteiger partial charge is 0.255 e. The minimum absolute atomic E-state index is 0.131. The molecule has 1 fully saturated rings. The van der Waals surface area contributed by atoms with Gasteiger partial charge in [-0.05, 0) is 62.4 Å². The van der Waals surface area contributed by atoms with E-state index in [-0.39, 0.29) is 5.56 Å². The standard InChI is InChI=1S/C19H24N2O/c1-4-21-18(15-6-5-13(2)14(3)11-15)10-7-16(19(21)22)12-20-17-8-9-17/h5-7,10-11,17,20H,4,8-9,12H2,1-3H3. The zero-order valence-electron chi connectivity index (χ0n) is 13.6. The molecule has 0 aliphatic heterocycles. The van der Waals surface area contributed by atoms with Gasteiger partial charge in [-0.3, -0.25) is 4.79 Å². The first-order valence-electron chi connectivity index (χ1n) is 8.14. The maximum atomic E-state index is 12.7. The number of benzene rings is 1. The second-order valence-corrected chi connectivity index (χ2v) is 6.25. The summed E-state index contributed by atoms with van der Waals surface area (Å²) in [5, 5.41) is 3.43. The molecule has 0 atom stereocenters. The molecule has 1 aromatic heterocycles. The fourth-order valence-electron chi connectivity index (χ4n) is 2.77. The molecule has 0 saturated heterocycles. The lowest BCUT2D eigenvalue weighted by atomic mass is 10.0. The summed E-state index contributed by atoms with van der Waals surface area (Å²) in [5.74, 6) is 0. The first-order valence-corrected chi connectivity index (χ1v) is 8.14. The van der Waals surface area contributed by atoms with E-state index >= 15 is 0 Å². The van der Waals surface area contributed by atoms with Crippen molar-refractivity contribution < 1.29 is 0 Å². The molecule has 1 heterocycles. The molecule has 0 bridgehead atoms. The van der Waals surface area contributed by atoms with E-state index in [9.17, 15) is 4.79 Å². The van der Waals surface area contributed by atoms with Crippen molar-refractivity contribution in [3.05, 3.63) is 57.4 Å². The zero-order chi connectivity index (χ0) is 15.7. The predicted molar refractivity (Wildman–Crippen MR) is 91.1 cm³/mol. The largest absolute Gasteiger partial charge is 0.310 e. The molecule has 1 aromatic carbocycles. The highest BCUT2D eigenvalue weighted by Crippen LogP contribution is 2.22. The summed E-state index contributed by atoms with van der Waals surface area (Å²) >= 11 is 0. The van der Waals surface area contributed by atoms with Crippen LogP contribution in [0.15, 0.2) is 35.1 Å². The van der Waals surface area contributed by atoms with Crippen LogP contribution >= 0.6 is 0 Å². The van der Waals surface area contributed by atoms with Crippen LogP contribution in [0.1, 0.15) is 36.5 Å². The van der Waals surface area contributed by atoms with E-state index in [0.29, 0.717) is 19.1 Å². The Balaban J connectivity index is 1.98. The molecule has 22 heavy (non-hydrogen) atoms. The van der Waals surface area contributed by atoms with Gasteiger partial charge in [-0.25, -0.2) is 0 Å². The summed E-state index contributed by atoms with van der Waals surface area (Å²) in [4.78, 5) is 12.7. The van der Waals surface area contributed by atoms with Crippen molar-refractivity contribution in [3.8, 4) is 11.3 Å². The van der Waals surface area contributed by atoms with Gasteiger partial charge in [0.25, 0.3) is 5.56 Å². The first-order chi connectivity index (χ1) is 10.6. The van der Waals surface area contributed by atoms with E-state index in [1.807, 2.05) is 17.6 Å². The molecule has 3 nitrogen and oxygen atoms in total. The lowest BCUT2D eigenvalue weighted by molar-refractivity contribution is 0.660. The Bertz CT molecular complexity index is 742.